The van der Waals surface area contributed by atoms with E-state index in [1.807, 2.05) is 18.2 Å². The van der Waals surface area contributed by atoms with Gasteiger partial charge in [0.25, 0.3) is 5.91 Å². The Balaban J connectivity index is 1.42. The van der Waals surface area contributed by atoms with Gasteiger partial charge >= 0.3 is 0 Å². The van der Waals surface area contributed by atoms with Gasteiger partial charge in [0.05, 0.1) is 0 Å². The number of halogens is 1. The number of hydrogen-bond acceptors (Lipinski definition) is 3. The van der Waals surface area contributed by atoms with E-state index < -0.39 is 0 Å². The molecule has 0 spiro atoms. The van der Waals surface area contributed by atoms with Crippen LogP contribution in [0.1, 0.15) is 54.7 Å². The number of amides is 1. The molecule has 2 aromatic carbocycles. The van der Waals surface area contributed by atoms with E-state index in [1.54, 1.807) is 30.5 Å². The second-order valence-electron chi connectivity index (χ2n) is 8.04. The molecule has 0 bridgehead atoms. The summed E-state index contributed by atoms with van der Waals surface area (Å²) in [6.07, 6.45) is 5.94. The smallest absolute Gasteiger partial charge is 0.271 e. The van der Waals surface area contributed by atoms with Gasteiger partial charge in [0, 0.05) is 24.3 Å². The van der Waals surface area contributed by atoms with Crippen molar-refractivity contribution >= 4 is 5.91 Å². The van der Waals surface area contributed by atoms with Gasteiger partial charge in [0.1, 0.15) is 11.5 Å². The molecule has 6 heteroatoms. The lowest BCUT2D eigenvalue weighted by atomic mass is 9.94. The van der Waals surface area contributed by atoms with Crippen LogP contribution in [-0.2, 0) is 0 Å². The molecule has 1 atom stereocenters. The molecule has 1 aromatic heterocycles. The first-order chi connectivity index (χ1) is 14.6. The van der Waals surface area contributed by atoms with E-state index in [1.165, 1.54) is 16.3 Å². The molecule has 0 radical (unpaired) electrons. The van der Waals surface area contributed by atoms with Crippen molar-refractivity contribution in [1.29, 1.82) is 0 Å². The van der Waals surface area contributed by atoms with Gasteiger partial charge in [-0.1, -0.05) is 55.3 Å². The molecule has 156 valence electrons. The summed E-state index contributed by atoms with van der Waals surface area (Å²) in [7, 11) is 0. The zero-order chi connectivity index (χ0) is 21.0. The number of carbonyl (C=O) groups excluding carboxylic acids is 1. The van der Waals surface area contributed by atoms with E-state index in [4.69, 9.17) is 0 Å². The Morgan fingerprint density at radius 1 is 1.10 bits per heavy atom. The molecule has 1 aliphatic carbocycles. The quantitative estimate of drug-likeness (QED) is 0.611. The van der Waals surface area contributed by atoms with Gasteiger partial charge in [-0.2, -0.15) is 5.10 Å². The second-order valence-corrected chi connectivity index (χ2v) is 8.04. The van der Waals surface area contributed by atoms with E-state index in [-0.39, 0.29) is 29.0 Å². The third-order valence-corrected chi connectivity index (χ3v) is 5.89. The summed E-state index contributed by atoms with van der Waals surface area (Å²) in [5, 5.41) is 11.1. The van der Waals surface area contributed by atoms with Crippen LogP contribution in [0.2, 0.25) is 0 Å². The molecule has 5 nitrogen and oxygen atoms in total. The van der Waals surface area contributed by atoms with Crippen molar-refractivity contribution in [2.45, 2.75) is 44.2 Å². The fourth-order valence-corrected chi connectivity index (χ4v) is 4.27. The van der Waals surface area contributed by atoms with E-state index in [2.05, 4.69) is 34.8 Å². The normalized spacial score (nSPS) is 16.3. The van der Waals surface area contributed by atoms with Crippen molar-refractivity contribution in [3.8, 4) is 5.69 Å². The SMILES string of the molecule is CC(NC1(CNC(=O)c2ccn(-c3ccccc3F)n2)CCCC1)c1ccccc1. The third-order valence-electron chi connectivity index (χ3n) is 5.89. The fraction of sp³-hybridized carbons (Fsp3) is 0.333. The molecule has 1 heterocycles. The Hall–Kier alpha value is -2.99. The number of carbonyl (C=O) groups is 1. The molecule has 1 fully saturated rings. The first-order valence-electron chi connectivity index (χ1n) is 10.5. The molecule has 0 saturated heterocycles. The average molecular weight is 407 g/mol. The van der Waals surface area contributed by atoms with Gasteiger partial charge in [0.15, 0.2) is 5.69 Å². The van der Waals surface area contributed by atoms with Gasteiger partial charge in [-0.3, -0.25) is 4.79 Å². The number of nitrogens with zero attached hydrogens (tertiary/aromatic N) is 2. The highest BCUT2D eigenvalue weighted by Crippen LogP contribution is 2.32. The van der Waals surface area contributed by atoms with Crippen molar-refractivity contribution in [2.75, 3.05) is 6.54 Å². The van der Waals surface area contributed by atoms with Gasteiger partial charge in [0.2, 0.25) is 0 Å². The molecular formula is C24H27FN4O. The molecular weight excluding hydrogens is 379 g/mol. The standard InChI is InChI=1S/C24H27FN4O/c1-18(19-9-3-2-4-10-19)27-24(14-7-8-15-24)17-26-23(30)21-13-16-29(28-21)22-12-6-5-11-20(22)25/h2-6,9-13,16,18,27H,7-8,14-15,17H2,1H3,(H,26,30). The molecule has 2 N–H and O–H groups in total. The third kappa shape index (κ3) is 4.44. The maximum atomic E-state index is 14.0. The summed E-state index contributed by atoms with van der Waals surface area (Å²) in [4.78, 5) is 12.7. The van der Waals surface area contributed by atoms with Crippen molar-refractivity contribution in [2.24, 2.45) is 0 Å². The topological polar surface area (TPSA) is 58.9 Å². The predicted molar refractivity (Wildman–Crippen MR) is 115 cm³/mol. The van der Waals surface area contributed by atoms with E-state index >= 15 is 0 Å². The molecule has 1 unspecified atom stereocenters. The highest BCUT2D eigenvalue weighted by Gasteiger charge is 2.35. The average Bonchev–Trinajstić information content (AvgIpc) is 3.44. The molecule has 30 heavy (non-hydrogen) atoms. The lowest BCUT2D eigenvalue weighted by Gasteiger charge is -2.34. The lowest BCUT2D eigenvalue weighted by molar-refractivity contribution is 0.0931. The second kappa shape index (κ2) is 8.79. The summed E-state index contributed by atoms with van der Waals surface area (Å²) < 4.78 is 15.4. The predicted octanol–water partition coefficient (Wildman–Crippen LogP) is 4.40. The van der Waals surface area contributed by atoms with Crippen LogP contribution < -0.4 is 10.6 Å². The van der Waals surface area contributed by atoms with E-state index in [9.17, 15) is 9.18 Å². The Bertz CT molecular complexity index is 995. The zero-order valence-corrected chi connectivity index (χ0v) is 17.1. The monoisotopic (exact) mass is 406 g/mol. The Kier molecular flexibility index (Phi) is 5.95. The van der Waals surface area contributed by atoms with Crippen LogP contribution in [0.25, 0.3) is 5.69 Å². The summed E-state index contributed by atoms with van der Waals surface area (Å²) in [6.45, 7) is 2.70. The number of benzene rings is 2. The first kappa shape index (κ1) is 20.3. The van der Waals surface area contributed by atoms with Crippen LogP contribution in [0.15, 0.2) is 66.9 Å². The summed E-state index contributed by atoms with van der Waals surface area (Å²) in [5.74, 6) is -0.623. The highest BCUT2D eigenvalue weighted by molar-refractivity contribution is 5.92. The molecule has 1 saturated carbocycles. The van der Waals surface area contributed by atoms with Crippen molar-refractivity contribution in [3.63, 3.8) is 0 Å². The molecule has 1 amide bonds. The summed E-state index contributed by atoms with van der Waals surface area (Å²) >= 11 is 0. The number of para-hydroxylation sites is 1. The van der Waals surface area contributed by atoms with Crippen molar-refractivity contribution in [1.82, 2.24) is 20.4 Å². The lowest BCUT2D eigenvalue weighted by Crippen LogP contribution is -2.52. The largest absolute Gasteiger partial charge is 0.349 e. The number of rotatable bonds is 7. The van der Waals surface area contributed by atoms with Crippen LogP contribution in [-0.4, -0.2) is 27.8 Å². The molecule has 0 aliphatic heterocycles. The number of aromatic nitrogens is 2. The van der Waals surface area contributed by atoms with Crippen LogP contribution in [0.4, 0.5) is 4.39 Å². The zero-order valence-electron chi connectivity index (χ0n) is 17.1. The van der Waals surface area contributed by atoms with Gasteiger partial charge in [-0.25, -0.2) is 9.07 Å². The molecule has 3 aromatic rings. The molecule has 4 rings (SSSR count). The maximum absolute atomic E-state index is 14.0. The number of hydrogen-bond donors (Lipinski definition) is 2. The minimum Gasteiger partial charge on any atom is -0.349 e. The number of nitrogens with one attached hydrogen (secondary N) is 2. The maximum Gasteiger partial charge on any atom is 0.271 e. The Morgan fingerprint density at radius 2 is 1.80 bits per heavy atom. The molecule has 1 aliphatic rings. The van der Waals surface area contributed by atoms with Crippen molar-refractivity contribution < 1.29 is 9.18 Å². The Morgan fingerprint density at radius 3 is 2.53 bits per heavy atom. The van der Waals surface area contributed by atoms with Crippen LogP contribution in [0, 0.1) is 5.82 Å². The minimum atomic E-state index is -0.378. The van der Waals surface area contributed by atoms with Crippen LogP contribution >= 0.6 is 0 Å². The van der Waals surface area contributed by atoms with Crippen LogP contribution in [0.5, 0.6) is 0 Å². The van der Waals surface area contributed by atoms with Crippen LogP contribution in [0.3, 0.4) is 0 Å². The van der Waals surface area contributed by atoms with Gasteiger partial charge in [-0.15, -0.1) is 0 Å². The Labute approximate surface area is 176 Å². The first-order valence-corrected chi connectivity index (χ1v) is 10.5. The summed E-state index contributed by atoms with van der Waals surface area (Å²) in [5.41, 5.74) is 1.71. The summed E-state index contributed by atoms with van der Waals surface area (Å²) in [6, 6.07) is 18.5. The van der Waals surface area contributed by atoms with Gasteiger partial charge in [-0.05, 0) is 43.5 Å². The minimum absolute atomic E-state index is 0.126. The van der Waals surface area contributed by atoms with Gasteiger partial charge < -0.3 is 10.6 Å². The van der Waals surface area contributed by atoms with Crippen molar-refractivity contribution in [3.05, 3.63) is 83.9 Å². The fourth-order valence-electron chi connectivity index (χ4n) is 4.27. The highest BCUT2D eigenvalue weighted by atomic mass is 19.1. The van der Waals surface area contributed by atoms with E-state index in [0.717, 1.165) is 25.7 Å². The van der Waals surface area contributed by atoms with E-state index in [0.29, 0.717) is 12.2 Å².